The summed E-state index contributed by atoms with van der Waals surface area (Å²) in [4.78, 5) is 14.8. The minimum Gasteiger partial charge on any atom is -0.478 e. The first kappa shape index (κ1) is 14.2. The number of halogens is 2. The quantitative estimate of drug-likeness (QED) is 0.921. The second-order valence-electron chi connectivity index (χ2n) is 4.84. The van der Waals surface area contributed by atoms with E-state index in [0.717, 1.165) is 6.08 Å². The zero-order valence-corrected chi connectivity index (χ0v) is 11.3. The molecule has 1 aliphatic carbocycles. The van der Waals surface area contributed by atoms with Gasteiger partial charge in [0.15, 0.2) is 5.83 Å². The van der Waals surface area contributed by atoms with Crippen LogP contribution in [0.5, 0.6) is 0 Å². The second-order valence-corrected chi connectivity index (χ2v) is 4.84. The average Bonchev–Trinajstić information content (AvgIpc) is 3.00. The van der Waals surface area contributed by atoms with Gasteiger partial charge in [0, 0.05) is 5.56 Å². The van der Waals surface area contributed by atoms with Gasteiger partial charge in [0.25, 0.3) is 0 Å². The average molecular weight is 303 g/mol. The molecular weight excluding hydrogens is 292 g/mol. The third-order valence-electron chi connectivity index (χ3n) is 3.42. The van der Waals surface area contributed by atoms with Crippen LogP contribution >= 0.6 is 0 Å². The van der Waals surface area contributed by atoms with Crippen LogP contribution in [0.2, 0.25) is 0 Å². The summed E-state index contributed by atoms with van der Waals surface area (Å²) in [6.07, 6.45) is 4.28. The molecule has 0 radical (unpaired) electrons. The van der Waals surface area contributed by atoms with Gasteiger partial charge >= 0.3 is 5.97 Å². The Hall–Kier alpha value is -2.76. The van der Waals surface area contributed by atoms with Crippen LogP contribution in [0, 0.1) is 0 Å². The topological polar surface area (TPSA) is 63.3 Å². The summed E-state index contributed by atoms with van der Waals surface area (Å²) in [6.45, 7) is 0. The normalized spacial score (nSPS) is 17.8. The van der Waals surface area contributed by atoms with E-state index in [1.807, 2.05) is 0 Å². The van der Waals surface area contributed by atoms with Gasteiger partial charge in [0.05, 0.1) is 17.7 Å². The number of rotatable bonds is 3. The lowest BCUT2D eigenvalue weighted by Gasteiger charge is -2.13. The SMILES string of the molecule is O=C(O)c1ccc(-c2ncc(C3CC=CC(F)=C3F)o2)cc1. The molecule has 4 nitrogen and oxygen atoms in total. The van der Waals surface area contributed by atoms with Gasteiger partial charge in [-0.15, -0.1) is 0 Å². The molecule has 1 aliphatic rings. The number of carboxylic acid groups (broad SMARTS) is 1. The molecule has 0 amide bonds. The number of oxazole rings is 1. The fourth-order valence-corrected chi connectivity index (χ4v) is 2.23. The maximum absolute atomic E-state index is 13.8. The fourth-order valence-electron chi connectivity index (χ4n) is 2.23. The fraction of sp³-hybridized carbons (Fsp3) is 0.125. The first-order chi connectivity index (χ1) is 10.6. The van der Waals surface area contributed by atoms with E-state index in [2.05, 4.69) is 4.98 Å². The number of nitrogens with zero attached hydrogens (tertiary/aromatic N) is 1. The zero-order valence-electron chi connectivity index (χ0n) is 11.3. The number of hydrogen-bond acceptors (Lipinski definition) is 3. The van der Waals surface area contributed by atoms with E-state index in [9.17, 15) is 13.6 Å². The van der Waals surface area contributed by atoms with Crippen LogP contribution in [-0.4, -0.2) is 16.1 Å². The molecule has 0 saturated heterocycles. The van der Waals surface area contributed by atoms with Crippen molar-refractivity contribution < 1.29 is 23.1 Å². The Morgan fingerprint density at radius 2 is 2.00 bits per heavy atom. The van der Waals surface area contributed by atoms with Crippen molar-refractivity contribution in [3.05, 3.63) is 65.6 Å². The summed E-state index contributed by atoms with van der Waals surface area (Å²) in [6, 6.07) is 5.94. The molecule has 0 spiro atoms. The molecule has 112 valence electrons. The summed E-state index contributed by atoms with van der Waals surface area (Å²) >= 11 is 0. The Balaban J connectivity index is 1.88. The number of aromatic carboxylic acids is 1. The van der Waals surface area contributed by atoms with E-state index >= 15 is 0 Å². The highest BCUT2D eigenvalue weighted by atomic mass is 19.2. The standard InChI is InChI=1S/C16H11F2NO3/c17-12-3-1-2-11(14(12)18)13-8-19-15(22-13)9-4-6-10(7-5-9)16(20)21/h1,3-8,11H,2H2,(H,20,21). The maximum Gasteiger partial charge on any atom is 0.335 e. The molecule has 0 saturated carbocycles. The highest BCUT2D eigenvalue weighted by Gasteiger charge is 2.26. The Bertz CT molecular complexity index is 775. The highest BCUT2D eigenvalue weighted by molar-refractivity contribution is 5.88. The first-order valence-electron chi connectivity index (χ1n) is 6.57. The molecule has 0 fully saturated rings. The summed E-state index contributed by atoms with van der Waals surface area (Å²) in [5.74, 6) is -3.16. The molecular formula is C16H11F2NO3. The monoisotopic (exact) mass is 303 g/mol. The highest BCUT2D eigenvalue weighted by Crippen LogP contribution is 2.36. The molecule has 0 bridgehead atoms. The first-order valence-corrected chi connectivity index (χ1v) is 6.57. The van der Waals surface area contributed by atoms with Crippen molar-refractivity contribution in [3.8, 4) is 11.5 Å². The van der Waals surface area contributed by atoms with E-state index in [1.165, 1.54) is 24.4 Å². The van der Waals surface area contributed by atoms with Crippen LogP contribution in [0.3, 0.4) is 0 Å². The molecule has 3 rings (SSSR count). The third-order valence-corrected chi connectivity index (χ3v) is 3.42. The van der Waals surface area contributed by atoms with E-state index in [0.29, 0.717) is 12.0 Å². The smallest absolute Gasteiger partial charge is 0.335 e. The van der Waals surface area contributed by atoms with Crippen LogP contribution in [0.1, 0.15) is 28.5 Å². The van der Waals surface area contributed by atoms with Crippen LogP contribution < -0.4 is 0 Å². The molecule has 1 heterocycles. The molecule has 1 aromatic carbocycles. The molecule has 2 aromatic rings. The lowest BCUT2D eigenvalue weighted by Crippen LogP contribution is -2.01. The Morgan fingerprint density at radius 1 is 1.27 bits per heavy atom. The van der Waals surface area contributed by atoms with Crippen molar-refractivity contribution in [3.63, 3.8) is 0 Å². The van der Waals surface area contributed by atoms with Crippen molar-refractivity contribution in [2.45, 2.75) is 12.3 Å². The van der Waals surface area contributed by atoms with Gasteiger partial charge in [-0.25, -0.2) is 18.6 Å². The molecule has 1 N–H and O–H groups in total. The Labute approximate surface area is 124 Å². The summed E-state index contributed by atoms with van der Waals surface area (Å²) in [5, 5.41) is 8.85. The number of benzene rings is 1. The van der Waals surface area contributed by atoms with Crippen LogP contribution in [-0.2, 0) is 0 Å². The van der Waals surface area contributed by atoms with Crippen molar-refractivity contribution in [1.29, 1.82) is 0 Å². The van der Waals surface area contributed by atoms with Gasteiger partial charge in [-0.2, -0.15) is 0 Å². The van der Waals surface area contributed by atoms with Crippen molar-refractivity contribution >= 4 is 5.97 Å². The summed E-state index contributed by atoms with van der Waals surface area (Å²) in [7, 11) is 0. The minimum atomic E-state index is -1.03. The van der Waals surface area contributed by atoms with Gasteiger partial charge < -0.3 is 9.52 Å². The van der Waals surface area contributed by atoms with Crippen molar-refractivity contribution in [2.24, 2.45) is 0 Å². The molecule has 1 unspecified atom stereocenters. The predicted octanol–water partition coefficient (Wildman–Crippen LogP) is 4.23. The maximum atomic E-state index is 13.8. The van der Waals surface area contributed by atoms with Gasteiger partial charge in [-0.05, 0) is 36.8 Å². The number of carboxylic acids is 1. The molecule has 1 atom stereocenters. The zero-order chi connectivity index (χ0) is 15.7. The van der Waals surface area contributed by atoms with Gasteiger partial charge in [-0.1, -0.05) is 6.08 Å². The number of aromatic nitrogens is 1. The number of hydrogen-bond donors (Lipinski definition) is 1. The molecule has 1 aromatic heterocycles. The Morgan fingerprint density at radius 3 is 2.68 bits per heavy atom. The predicted molar refractivity (Wildman–Crippen MR) is 74.6 cm³/mol. The lowest BCUT2D eigenvalue weighted by molar-refractivity contribution is 0.0697. The van der Waals surface area contributed by atoms with E-state index < -0.39 is 23.5 Å². The Kier molecular flexibility index (Phi) is 3.58. The minimum absolute atomic E-state index is 0.143. The van der Waals surface area contributed by atoms with Crippen molar-refractivity contribution in [2.75, 3.05) is 0 Å². The molecule has 22 heavy (non-hydrogen) atoms. The summed E-state index contributed by atoms with van der Waals surface area (Å²) in [5.41, 5.74) is 0.705. The van der Waals surface area contributed by atoms with Crippen LogP contribution in [0.25, 0.3) is 11.5 Å². The van der Waals surface area contributed by atoms with E-state index in [4.69, 9.17) is 9.52 Å². The van der Waals surface area contributed by atoms with Crippen LogP contribution in [0.15, 0.2) is 58.7 Å². The molecule has 6 heteroatoms. The van der Waals surface area contributed by atoms with E-state index in [1.54, 1.807) is 12.1 Å². The van der Waals surface area contributed by atoms with Gasteiger partial charge in [0.1, 0.15) is 11.6 Å². The lowest BCUT2D eigenvalue weighted by atomic mass is 9.97. The second kappa shape index (κ2) is 5.55. The van der Waals surface area contributed by atoms with Crippen molar-refractivity contribution in [1.82, 2.24) is 4.98 Å². The van der Waals surface area contributed by atoms with E-state index in [-0.39, 0.29) is 17.2 Å². The largest absolute Gasteiger partial charge is 0.478 e. The third kappa shape index (κ3) is 2.55. The van der Waals surface area contributed by atoms with Crippen LogP contribution in [0.4, 0.5) is 8.78 Å². The molecule has 0 aliphatic heterocycles. The summed E-state index contributed by atoms with van der Waals surface area (Å²) < 4.78 is 32.5. The number of carbonyl (C=O) groups is 1. The number of allylic oxidation sites excluding steroid dienone is 4. The van der Waals surface area contributed by atoms with Gasteiger partial charge in [-0.3, -0.25) is 0 Å². The van der Waals surface area contributed by atoms with Gasteiger partial charge in [0.2, 0.25) is 5.89 Å².